The van der Waals surface area contributed by atoms with Crippen molar-refractivity contribution in [3.8, 4) is 0 Å². The number of aromatic nitrogens is 2. The van der Waals surface area contributed by atoms with Crippen LogP contribution < -0.4 is 0 Å². The molecule has 0 radical (unpaired) electrons. The quantitative estimate of drug-likeness (QED) is 0.478. The number of carbonyl (C=O) groups excluding carboxylic acids is 1. The number of carbonyl (C=O) groups is 1. The van der Waals surface area contributed by atoms with Gasteiger partial charge >= 0.3 is 0 Å². The first-order valence-corrected chi connectivity index (χ1v) is 7.97. The Balaban J connectivity index is 2.03. The van der Waals surface area contributed by atoms with Gasteiger partial charge in [0.05, 0.1) is 11.4 Å². The SMILES string of the molecule is CC(=O)c1ccc(N=Nc2c(C(C)C)nc3ccc(C)cn23)cc1. The summed E-state index contributed by atoms with van der Waals surface area (Å²) < 4.78 is 1.97. The number of hydrogen-bond acceptors (Lipinski definition) is 4. The second-order valence-electron chi connectivity index (χ2n) is 6.21. The van der Waals surface area contributed by atoms with E-state index in [0.29, 0.717) is 11.3 Å². The van der Waals surface area contributed by atoms with Crippen molar-refractivity contribution in [3.05, 3.63) is 59.4 Å². The molecule has 122 valence electrons. The average molecular weight is 320 g/mol. The maximum Gasteiger partial charge on any atom is 0.183 e. The minimum Gasteiger partial charge on any atom is -0.295 e. The highest BCUT2D eigenvalue weighted by Crippen LogP contribution is 2.29. The normalized spacial score (nSPS) is 11.7. The second kappa shape index (κ2) is 6.35. The molecule has 5 nitrogen and oxygen atoms in total. The third kappa shape index (κ3) is 3.11. The van der Waals surface area contributed by atoms with Gasteiger partial charge in [-0.3, -0.25) is 9.20 Å². The summed E-state index contributed by atoms with van der Waals surface area (Å²) >= 11 is 0. The van der Waals surface area contributed by atoms with Crippen LogP contribution in [0.4, 0.5) is 11.5 Å². The minimum atomic E-state index is 0.0397. The van der Waals surface area contributed by atoms with Gasteiger partial charge in [-0.25, -0.2) is 4.98 Å². The highest BCUT2D eigenvalue weighted by Gasteiger charge is 2.15. The van der Waals surface area contributed by atoms with Crippen molar-refractivity contribution in [1.82, 2.24) is 9.38 Å². The van der Waals surface area contributed by atoms with Gasteiger partial charge in [0.15, 0.2) is 11.6 Å². The lowest BCUT2D eigenvalue weighted by atomic mass is 10.1. The van der Waals surface area contributed by atoms with E-state index in [1.54, 1.807) is 31.2 Å². The Morgan fingerprint density at radius 3 is 2.42 bits per heavy atom. The van der Waals surface area contributed by atoms with Crippen molar-refractivity contribution >= 4 is 22.9 Å². The third-order valence-corrected chi connectivity index (χ3v) is 3.85. The lowest BCUT2D eigenvalue weighted by Gasteiger charge is -2.02. The van der Waals surface area contributed by atoms with E-state index in [0.717, 1.165) is 22.7 Å². The summed E-state index contributed by atoms with van der Waals surface area (Å²) in [5.74, 6) is 1.04. The Labute approximate surface area is 141 Å². The highest BCUT2D eigenvalue weighted by atomic mass is 16.1. The molecule has 3 aromatic rings. The van der Waals surface area contributed by atoms with Gasteiger partial charge in [-0.15, -0.1) is 10.2 Å². The first-order chi connectivity index (χ1) is 11.5. The van der Waals surface area contributed by atoms with Crippen LogP contribution in [-0.4, -0.2) is 15.2 Å². The number of benzene rings is 1. The fourth-order valence-electron chi connectivity index (χ4n) is 2.51. The van der Waals surface area contributed by atoms with Gasteiger partial charge in [0, 0.05) is 11.8 Å². The summed E-state index contributed by atoms with van der Waals surface area (Å²) in [7, 11) is 0. The molecule has 0 N–H and O–H groups in total. The molecule has 0 atom stereocenters. The van der Waals surface area contributed by atoms with Gasteiger partial charge in [-0.2, -0.15) is 0 Å². The van der Waals surface area contributed by atoms with Crippen molar-refractivity contribution in [1.29, 1.82) is 0 Å². The fraction of sp³-hybridized carbons (Fsp3) is 0.263. The maximum atomic E-state index is 11.3. The number of imidazole rings is 1. The van der Waals surface area contributed by atoms with Crippen LogP contribution in [0.3, 0.4) is 0 Å². The van der Waals surface area contributed by atoms with Crippen molar-refractivity contribution in [2.45, 2.75) is 33.6 Å². The zero-order valence-electron chi connectivity index (χ0n) is 14.3. The summed E-state index contributed by atoms with van der Waals surface area (Å²) in [5, 5.41) is 8.77. The van der Waals surface area contributed by atoms with Crippen LogP contribution in [0.2, 0.25) is 0 Å². The number of azo groups is 1. The summed E-state index contributed by atoms with van der Waals surface area (Å²) in [5.41, 5.74) is 4.30. The molecule has 0 aliphatic carbocycles. The van der Waals surface area contributed by atoms with Gasteiger partial charge in [-0.1, -0.05) is 19.9 Å². The Hall–Kier alpha value is -2.82. The molecule has 1 aromatic carbocycles. The molecule has 0 saturated carbocycles. The summed E-state index contributed by atoms with van der Waals surface area (Å²) in [6.45, 7) is 7.77. The van der Waals surface area contributed by atoms with Crippen LogP contribution in [0.15, 0.2) is 52.8 Å². The van der Waals surface area contributed by atoms with Crippen molar-refractivity contribution < 1.29 is 4.79 Å². The number of hydrogen-bond donors (Lipinski definition) is 0. The van der Waals surface area contributed by atoms with Gasteiger partial charge < -0.3 is 0 Å². The topological polar surface area (TPSA) is 59.1 Å². The molecule has 2 heterocycles. The first-order valence-electron chi connectivity index (χ1n) is 7.97. The zero-order chi connectivity index (χ0) is 17.3. The molecule has 0 spiro atoms. The molecule has 0 saturated heterocycles. The summed E-state index contributed by atoms with van der Waals surface area (Å²) in [4.78, 5) is 16.0. The van der Waals surface area contributed by atoms with Gasteiger partial charge in [-0.05, 0) is 55.7 Å². The number of ketones is 1. The Bertz CT molecular complexity index is 920. The number of aryl methyl sites for hydroxylation is 1. The molecule has 24 heavy (non-hydrogen) atoms. The van der Waals surface area contributed by atoms with Gasteiger partial charge in [0.25, 0.3) is 0 Å². The first kappa shape index (κ1) is 16.1. The fourth-order valence-corrected chi connectivity index (χ4v) is 2.51. The van der Waals surface area contributed by atoms with Crippen molar-refractivity contribution in [2.75, 3.05) is 0 Å². The van der Waals surface area contributed by atoms with E-state index in [1.807, 2.05) is 29.7 Å². The van der Waals surface area contributed by atoms with Crippen LogP contribution >= 0.6 is 0 Å². The molecule has 0 unspecified atom stereocenters. The molecule has 2 aromatic heterocycles. The molecule has 5 heteroatoms. The van der Waals surface area contributed by atoms with Gasteiger partial charge in [0.1, 0.15) is 5.65 Å². The summed E-state index contributed by atoms with van der Waals surface area (Å²) in [6, 6.07) is 11.1. The average Bonchev–Trinajstić information content (AvgIpc) is 2.91. The molecular formula is C19H20N4O. The standard InChI is InChI=1S/C19H20N4O/c1-12(2)18-19(23-11-13(3)5-10-17(23)20-18)22-21-16-8-6-15(7-9-16)14(4)24/h5-12H,1-4H3. The van der Waals surface area contributed by atoms with E-state index >= 15 is 0 Å². The lowest BCUT2D eigenvalue weighted by molar-refractivity contribution is 0.101. The number of pyridine rings is 1. The Kier molecular flexibility index (Phi) is 4.25. The van der Waals surface area contributed by atoms with Crippen molar-refractivity contribution in [3.63, 3.8) is 0 Å². The van der Waals surface area contributed by atoms with Gasteiger partial charge in [0.2, 0.25) is 0 Å². The Morgan fingerprint density at radius 2 is 1.79 bits per heavy atom. The molecule has 0 aliphatic heterocycles. The lowest BCUT2D eigenvalue weighted by Crippen LogP contribution is -1.89. The summed E-state index contributed by atoms with van der Waals surface area (Å²) in [6.07, 6.45) is 2.02. The van der Waals surface area contributed by atoms with Crippen LogP contribution in [0, 0.1) is 6.92 Å². The molecular weight excluding hydrogens is 300 g/mol. The molecule has 0 fully saturated rings. The predicted molar refractivity (Wildman–Crippen MR) is 94.6 cm³/mol. The largest absolute Gasteiger partial charge is 0.295 e. The van der Waals surface area contributed by atoms with Crippen LogP contribution in [0.5, 0.6) is 0 Å². The highest BCUT2D eigenvalue weighted by molar-refractivity contribution is 5.94. The van der Waals surface area contributed by atoms with Crippen LogP contribution in [-0.2, 0) is 0 Å². The molecule has 0 aliphatic rings. The van der Waals surface area contributed by atoms with E-state index in [4.69, 9.17) is 0 Å². The maximum absolute atomic E-state index is 11.3. The molecule has 0 amide bonds. The van der Waals surface area contributed by atoms with E-state index in [1.165, 1.54) is 0 Å². The van der Waals surface area contributed by atoms with Crippen molar-refractivity contribution in [2.24, 2.45) is 10.2 Å². The monoisotopic (exact) mass is 320 g/mol. The smallest absolute Gasteiger partial charge is 0.183 e. The number of nitrogens with zero attached hydrogens (tertiary/aromatic N) is 4. The second-order valence-corrected chi connectivity index (χ2v) is 6.21. The van der Waals surface area contributed by atoms with E-state index in [9.17, 15) is 4.79 Å². The number of Topliss-reactive ketones (excluding diaryl/α,β-unsaturated/α-hetero) is 1. The molecule has 0 bridgehead atoms. The molecule has 3 rings (SSSR count). The minimum absolute atomic E-state index is 0.0397. The number of fused-ring (bicyclic) bond motifs is 1. The van der Waals surface area contributed by atoms with Crippen LogP contribution in [0.1, 0.15) is 48.3 Å². The van der Waals surface area contributed by atoms with Crippen LogP contribution in [0.25, 0.3) is 5.65 Å². The number of rotatable bonds is 4. The predicted octanol–water partition coefficient (Wildman–Crippen LogP) is 5.38. The van der Waals surface area contributed by atoms with E-state index < -0.39 is 0 Å². The zero-order valence-corrected chi connectivity index (χ0v) is 14.3. The third-order valence-electron chi connectivity index (χ3n) is 3.85. The Morgan fingerprint density at radius 1 is 1.08 bits per heavy atom. The van der Waals surface area contributed by atoms with E-state index in [-0.39, 0.29) is 11.7 Å². The van der Waals surface area contributed by atoms with E-state index in [2.05, 4.69) is 29.1 Å².